The van der Waals surface area contributed by atoms with Gasteiger partial charge in [0.1, 0.15) is 11.5 Å². The summed E-state index contributed by atoms with van der Waals surface area (Å²) in [6.07, 6.45) is 0. The van der Waals surface area contributed by atoms with Crippen molar-refractivity contribution in [3.05, 3.63) is 249 Å². The second kappa shape index (κ2) is 14.8. The molecule has 0 bridgehead atoms. The monoisotopic (exact) mass is 1010 g/mol. The van der Waals surface area contributed by atoms with E-state index in [9.17, 15) is 0 Å². The lowest BCUT2D eigenvalue weighted by Crippen LogP contribution is -2.59. The van der Waals surface area contributed by atoms with Crippen LogP contribution in [0.2, 0.25) is 0 Å². The molecule has 0 atom stereocenters. The maximum absolute atomic E-state index is 7.19. The van der Waals surface area contributed by atoms with Crippen LogP contribution in [0.1, 0.15) is 0 Å². The smallest absolute Gasteiger partial charge is 0.256 e. The first kappa shape index (κ1) is 41.7. The minimum absolute atomic E-state index is 0.0148. The molecule has 80 heavy (non-hydrogen) atoms. The topological polar surface area (TPSA) is 32.2 Å². The van der Waals surface area contributed by atoms with Gasteiger partial charge in [-0.2, -0.15) is 0 Å². The summed E-state index contributed by atoms with van der Waals surface area (Å²) in [6, 6.07) is 92.7. The molecule has 4 aliphatic rings. The Morgan fingerprint density at radius 1 is 0.275 bits per heavy atom. The average molecular weight is 1010 g/mol. The third-order valence-electron chi connectivity index (χ3n) is 18.5. The number of hydrogen-bond donors (Lipinski definition) is 0. The van der Waals surface area contributed by atoms with E-state index in [1.807, 2.05) is 0 Å². The zero-order valence-electron chi connectivity index (χ0n) is 43.0. The lowest BCUT2D eigenvalue weighted by molar-refractivity contribution is 0.488. The van der Waals surface area contributed by atoms with Gasteiger partial charge >= 0.3 is 0 Å². The Balaban J connectivity index is 0.884. The van der Waals surface area contributed by atoms with Crippen molar-refractivity contribution >= 4 is 150 Å². The molecule has 0 fully saturated rings. The molecule has 8 heteroatoms. The predicted molar refractivity (Wildman–Crippen MR) is 334 cm³/mol. The van der Waals surface area contributed by atoms with Crippen LogP contribution in [0.15, 0.2) is 249 Å². The van der Waals surface area contributed by atoms with Crippen molar-refractivity contribution in [2.75, 3.05) is 4.90 Å². The first-order valence-electron chi connectivity index (χ1n) is 27.8. The largest absolute Gasteiger partial charge is 0.458 e. The molecule has 6 nitrogen and oxygen atoms in total. The van der Waals surface area contributed by atoms with E-state index in [-0.39, 0.29) is 13.4 Å². The predicted octanol–water partition coefficient (Wildman–Crippen LogP) is 13.6. The van der Waals surface area contributed by atoms with Gasteiger partial charge in [-0.1, -0.05) is 158 Å². The average Bonchev–Trinajstić information content (AvgIpc) is 3.46. The Bertz CT molecular complexity index is 5440. The Kier molecular flexibility index (Phi) is 7.70. The van der Waals surface area contributed by atoms with Crippen molar-refractivity contribution in [2.24, 2.45) is 0 Å². The second-order valence-corrected chi connectivity index (χ2v) is 22.3. The van der Waals surface area contributed by atoms with E-state index in [0.29, 0.717) is 0 Å². The van der Waals surface area contributed by atoms with E-state index < -0.39 is 0 Å². The molecule has 0 unspecified atom stereocenters. The fraction of sp³-hybridized carbons (Fsp3) is 0. The van der Waals surface area contributed by atoms with Crippen LogP contribution < -0.4 is 42.4 Å². The van der Waals surface area contributed by atoms with Gasteiger partial charge in [0.05, 0.1) is 33.3 Å². The third-order valence-corrected chi connectivity index (χ3v) is 18.5. The minimum Gasteiger partial charge on any atom is -0.458 e. The summed E-state index contributed by atoms with van der Waals surface area (Å²) in [5.74, 6) is 1.81. The van der Waals surface area contributed by atoms with Gasteiger partial charge in [-0.3, -0.25) is 0 Å². The highest BCUT2D eigenvalue weighted by Gasteiger charge is 2.44. The normalized spacial score (nSPS) is 13.3. The molecule has 20 rings (SSSR count). The number of benzene rings is 12. The minimum atomic E-state index is -0.0339. The quantitative estimate of drug-likeness (QED) is 0.165. The van der Waals surface area contributed by atoms with Gasteiger partial charge < -0.3 is 27.9 Å². The van der Waals surface area contributed by atoms with Crippen molar-refractivity contribution in [1.29, 1.82) is 0 Å². The molecule has 4 aliphatic heterocycles. The van der Waals surface area contributed by atoms with Crippen LogP contribution in [0, 0.1) is 0 Å². The van der Waals surface area contributed by atoms with Crippen molar-refractivity contribution < 1.29 is 4.74 Å². The number of aromatic nitrogens is 4. The van der Waals surface area contributed by atoms with Crippen LogP contribution in [0.3, 0.4) is 0 Å². The standard InChI is InChI=1S/C72H41B2N5O/c1-4-18-42(19-5-1)75(43-20-6-2-7-21-43)45-36-64-68-65(37-45)79-62-40-61-51(38-52(62)50-28-15-30-55(72(50)79)73(68)54-29-14-26-48-46-24-10-13-33-59(46)77(64)70(48)54)49-27-16-31-56-71(49)78(61)60-34-17-35-66-69(60)74(56)57-39-53-47-25-11-12-32-58(47)76(44-22-8-3-9-23-44)63(53)41-67(57)80-66/h1-41H. The zero-order valence-corrected chi connectivity index (χ0v) is 43.0. The molecule has 12 aromatic carbocycles. The van der Waals surface area contributed by atoms with Crippen molar-refractivity contribution in [1.82, 2.24) is 18.3 Å². The molecule has 0 amide bonds. The van der Waals surface area contributed by atoms with Gasteiger partial charge in [0.15, 0.2) is 0 Å². The van der Waals surface area contributed by atoms with Crippen molar-refractivity contribution in [3.8, 4) is 34.2 Å². The summed E-state index contributed by atoms with van der Waals surface area (Å²) in [5, 5.41) is 10.0. The molecule has 4 aromatic heterocycles. The highest BCUT2D eigenvalue weighted by atomic mass is 16.5. The molecule has 16 aromatic rings. The summed E-state index contributed by atoms with van der Waals surface area (Å²) in [6.45, 7) is -0.0191. The number of rotatable bonds is 4. The van der Waals surface area contributed by atoms with E-state index >= 15 is 0 Å². The summed E-state index contributed by atoms with van der Waals surface area (Å²) in [4.78, 5) is 2.43. The summed E-state index contributed by atoms with van der Waals surface area (Å²) < 4.78 is 17.4. The van der Waals surface area contributed by atoms with Gasteiger partial charge in [0.2, 0.25) is 0 Å². The first-order valence-corrected chi connectivity index (χ1v) is 27.8. The van der Waals surface area contributed by atoms with Crippen LogP contribution >= 0.6 is 0 Å². The molecule has 0 radical (unpaired) electrons. The maximum Gasteiger partial charge on any atom is 0.256 e. The molecule has 0 saturated heterocycles. The number of anilines is 3. The van der Waals surface area contributed by atoms with Crippen LogP contribution in [-0.4, -0.2) is 31.7 Å². The van der Waals surface area contributed by atoms with E-state index in [2.05, 4.69) is 272 Å². The molecule has 0 saturated carbocycles. The molecule has 0 N–H and O–H groups in total. The van der Waals surface area contributed by atoms with E-state index in [4.69, 9.17) is 4.74 Å². The fourth-order valence-corrected chi connectivity index (χ4v) is 15.5. The highest BCUT2D eigenvalue weighted by Crippen LogP contribution is 2.46. The molecule has 366 valence electrons. The van der Waals surface area contributed by atoms with Crippen molar-refractivity contribution in [2.45, 2.75) is 0 Å². The van der Waals surface area contributed by atoms with Gasteiger partial charge in [-0.05, 0) is 118 Å². The highest BCUT2D eigenvalue weighted by molar-refractivity contribution is 7.01. The first-order chi connectivity index (χ1) is 39.7. The van der Waals surface area contributed by atoms with Gasteiger partial charge in [-0.25, -0.2) is 0 Å². The number of hydrogen-bond acceptors (Lipinski definition) is 2. The summed E-state index contributed by atoms with van der Waals surface area (Å²) in [7, 11) is 0. The van der Waals surface area contributed by atoms with Crippen LogP contribution in [0.5, 0.6) is 11.5 Å². The fourth-order valence-electron chi connectivity index (χ4n) is 15.5. The Morgan fingerprint density at radius 3 is 1.36 bits per heavy atom. The lowest BCUT2D eigenvalue weighted by Gasteiger charge is -2.35. The zero-order chi connectivity index (χ0) is 51.6. The van der Waals surface area contributed by atoms with Gasteiger partial charge in [-0.15, -0.1) is 0 Å². The molecule has 0 aliphatic carbocycles. The summed E-state index contributed by atoms with van der Waals surface area (Å²) in [5.41, 5.74) is 25.5. The maximum atomic E-state index is 7.19. The van der Waals surface area contributed by atoms with Crippen LogP contribution in [-0.2, 0) is 0 Å². The molecule has 8 heterocycles. The van der Waals surface area contributed by atoms with E-state index in [1.165, 1.54) is 132 Å². The van der Waals surface area contributed by atoms with E-state index in [1.54, 1.807) is 0 Å². The SMILES string of the molecule is c1ccc(N(c2ccccc2)c2cc3c4c(c2)-n2c5cc6c(cc5c5cccc(c52)B4c2cccc4c5ccccc5n-3c24)c2cccc3c2n6-c2cccc4c2B3c2cc3c5ccccc5n(-c5ccccc5)c3cc2O4)cc1. The second-order valence-electron chi connectivity index (χ2n) is 22.3. The Hall–Kier alpha value is -10.4. The lowest BCUT2D eigenvalue weighted by atomic mass is 9.34. The number of para-hydroxylation sites is 8. The molecular formula is C72H41B2N5O. The Morgan fingerprint density at radius 2 is 0.738 bits per heavy atom. The van der Waals surface area contributed by atoms with Crippen LogP contribution in [0.4, 0.5) is 17.1 Å². The van der Waals surface area contributed by atoms with Gasteiger partial charge in [0, 0.05) is 99.8 Å². The number of fused-ring (bicyclic) bond motifs is 20. The van der Waals surface area contributed by atoms with Crippen LogP contribution in [0.25, 0.3) is 110 Å². The molecular weight excluding hydrogens is 972 g/mol. The third kappa shape index (κ3) is 5.05. The summed E-state index contributed by atoms with van der Waals surface area (Å²) >= 11 is 0. The van der Waals surface area contributed by atoms with E-state index in [0.717, 1.165) is 39.8 Å². The Labute approximate surface area is 458 Å². The number of nitrogens with zero attached hydrogens (tertiary/aromatic N) is 5. The molecule has 0 spiro atoms. The number of ether oxygens (including phenoxy) is 1. The van der Waals surface area contributed by atoms with Crippen molar-refractivity contribution in [3.63, 3.8) is 0 Å². The van der Waals surface area contributed by atoms with Gasteiger partial charge in [0.25, 0.3) is 13.4 Å².